The second-order valence-electron chi connectivity index (χ2n) is 13.6. The Hall–Kier alpha value is -1.91. The molecule has 6 N–H and O–H groups in total. The van der Waals surface area contributed by atoms with Crippen molar-refractivity contribution < 1.29 is 63.9 Å². The first kappa shape index (κ1) is 36.4. The van der Waals surface area contributed by atoms with Gasteiger partial charge in [0, 0.05) is 0 Å². The molecule has 5 rings (SSSR count). The molecule has 0 aromatic heterocycles. The predicted molar refractivity (Wildman–Crippen MR) is 165 cm³/mol. The Bertz CT molecular complexity index is 1100. The molecule has 13 heteroatoms. The third-order valence-corrected chi connectivity index (χ3v) is 10.2. The second-order valence-corrected chi connectivity index (χ2v) is 13.6. The van der Waals surface area contributed by atoms with E-state index in [4.69, 9.17) is 28.4 Å². The van der Waals surface area contributed by atoms with E-state index < -0.39 is 92.3 Å². The summed E-state index contributed by atoms with van der Waals surface area (Å²) in [6, 6.07) is 8.79. The molecule has 0 radical (unpaired) electrons. The molecule has 2 heterocycles. The van der Waals surface area contributed by atoms with Gasteiger partial charge in [0.1, 0.15) is 42.4 Å². The van der Waals surface area contributed by atoms with E-state index in [1.54, 1.807) is 31.2 Å². The molecule has 14 atom stereocenters. The summed E-state index contributed by atoms with van der Waals surface area (Å²) in [4.78, 5) is 12.5. The van der Waals surface area contributed by atoms with Gasteiger partial charge in [0.25, 0.3) is 0 Å². The van der Waals surface area contributed by atoms with Crippen LogP contribution >= 0.6 is 0 Å². The molecule has 266 valence electrons. The first-order valence-corrected chi connectivity index (χ1v) is 17.1. The molecule has 0 bridgehead atoms. The largest absolute Gasteiger partial charge is 0.482 e. The van der Waals surface area contributed by atoms with Crippen molar-refractivity contribution in [2.75, 3.05) is 6.61 Å². The molecular weight excluding hydrogens is 616 g/mol. The van der Waals surface area contributed by atoms with Crippen molar-refractivity contribution in [2.45, 2.75) is 151 Å². The van der Waals surface area contributed by atoms with Crippen LogP contribution in [-0.2, 0) is 28.5 Å². The van der Waals surface area contributed by atoms with Crippen LogP contribution in [0.3, 0.4) is 0 Å². The van der Waals surface area contributed by atoms with Crippen LogP contribution in [0.2, 0.25) is 0 Å². The van der Waals surface area contributed by atoms with E-state index in [-0.39, 0.29) is 18.3 Å². The number of para-hydroxylation sites is 1. The Morgan fingerprint density at radius 2 is 1.53 bits per heavy atom. The first-order chi connectivity index (χ1) is 22.6. The van der Waals surface area contributed by atoms with Gasteiger partial charge < -0.3 is 59.1 Å². The van der Waals surface area contributed by atoms with Crippen molar-refractivity contribution in [2.24, 2.45) is 11.8 Å². The summed E-state index contributed by atoms with van der Waals surface area (Å²) in [7, 11) is 0. The van der Waals surface area contributed by atoms with E-state index in [9.17, 15) is 35.4 Å². The van der Waals surface area contributed by atoms with Crippen LogP contribution in [0, 0.1) is 11.8 Å². The Kier molecular flexibility index (Phi) is 12.9. The quantitative estimate of drug-likeness (QED) is 0.189. The van der Waals surface area contributed by atoms with E-state index in [0.717, 1.165) is 44.9 Å². The Balaban J connectivity index is 1.40. The van der Waals surface area contributed by atoms with Crippen molar-refractivity contribution in [3.05, 3.63) is 30.3 Å². The normalized spacial score (nSPS) is 40.9. The maximum Gasteiger partial charge on any atom is 0.332 e. The Morgan fingerprint density at radius 3 is 2.21 bits per heavy atom. The standard InChI is InChI=1S/C34H52O13/c1-18-10-9-15-22(29(18)47-33-28(39)27(38)25(36)19(2)42-33)45-34-31(43-21-13-7-4-8-14-21)30(26(37)24(17-35)46-34)44-23(32(40)41)16-20-11-5-3-6-12-20/h4,7-8,13-14,18-20,22-31,33-39H,3,5-6,9-12,15-17H2,1-2H3,(H,40,41)/t18?,19?,22?,23-,24?,25?,26?,27?,28?,29?,30?,31?,33?,34?/m0/s1. The fourth-order valence-corrected chi connectivity index (χ4v) is 7.37. The summed E-state index contributed by atoms with van der Waals surface area (Å²) in [5.41, 5.74) is 0. The van der Waals surface area contributed by atoms with Gasteiger partial charge in [-0.2, -0.15) is 0 Å². The molecule has 2 aliphatic carbocycles. The van der Waals surface area contributed by atoms with Gasteiger partial charge in [-0.3, -0.25) is 0 Å². The van der Waals surface area contributed by atoms with Crippen LogP contribution in [-0.4, -0.2) is 123 Å². The highest BCUT2D eigenvalue weighted by atomic mass is 16.7. The molecule has 4 fully saturated rings. The number of hydrogen-bond acceptors (Lipinski definition) is 12. The number of carbonyl (C=O) groups is 1. The van der Waals surface area contributed by atoms with Gasteiger partial charge in [0.2, 0.25) is 0 Å². The van der Waals surface area contributed by atoms with Gasteiger partial charge in [0.15, 0.2) is 24.8 Å². The van der Waals surface area contributed by atoms with Gasteiger partial charge in [0.05, 0.1) is 24.9 Å². The third-order valence-electron chi connectivity index (χ3n) is 10.2. The van der Waals surface area contributed by atoms with E-state index in [0.29, 0.717) is 12.2 Å². The fourth-order valence-electron chi connectivity index (χ4n) is 7.37. The number of aliphatic hydroxyl groups is 5. The lowest BCUT2D eigenvalue weighted by Gasteiger charge is -2.48. The van der Waals surface area contributed by atoms with Crippen LogP contribution in [0.25, 0.3) is 0 Å². The molecule has 1 aromatic carbocycles. The number of ether oxygens (including phenoxy) is 6. The van der Waals surface area contributed by atoms with E-state index in [2.05, 4.69) is 0 Å². The summed E-state index contributed by atoms with van der Waals surface area (Å²) in [5, 5.41) is 63.0. The number of aliphatic hydroxyl groups excluding tert-OH is 5. The average molecular weight is 669 g/mol. The highest BCUT2D eigenvalue weighted by molar-refractivity contribution is 5.72. The smallest absolute Gasteiger partial charge is 0.332 e. The third kappa shape index (κ3) is 8.82. The predicted octanol–water partition coefficient (Wildman–Crippen LogP) is 1.74. The maximum absolute atomic E-state index is 12.5. The molecule has 2 saturated carbocycles. The van der Waals surface area contributed by atoms with Gasteiger partial charge in [-0.1, -0.05) is 63.6 Å². The van der Waals surface area contributed by atoms with Crippen LogP contribution in [0.15, 0.2) is 30.3 Å². The molecule has 4 aliphatic rings. The van der Waals surface area contributed by atoms with Gasteiger partial charge in [-0.15, -0.1) is 0 Å². The summed E-state index contributed by atoms with van der Waals surface area (Å²) in [6.45, 7) is 2.97. The zero-order valence-electron chi connectivity index (χ0n) is 27.2. The van der Waals surface area contributed by atoms with E-state index in [1.807, 2.05) is 13.0 Å². The topological polar surface area (TPSA) is 194 Å². The number of hydrogen-bond donors (Lipinski definition) is 6. The van der Waals surface area contributed by atoms with Crippen LogP contribution in [0.1, 0.15) is 71.6 Å². The minimum Gasteiger partial charge on any atom is -0.482 e. The lowest BCUT2D eigenvalue weighted by atomic mass is 9.85. The first-order valence-electron chi connectivity index (χ1n) is 17.1. The Morgan fingerprint density at radius 1 is 0.809 bits per heavy atom. The number of benzene rings is 1. The minimum atomic E-state index is -1.50. The maximum atomic E-state index is 12.5. The summed E-state index contributed by atoms with van der Waals surface area (Å²) < 4.78 is 37.3. The highest BCUT2D eigenvalue weighted by Gasteiger charge is 2.52. The van der Waals surface area contributed by atoms with Crippen LogP contribution < -0.4 is 4.74 Å². The van der Waals surface area contributed by atoms with E-state index in [1.165, 1.54) is 0 Å². The average Bonchev–Trinajstić information content (AvgIpc) is 3.07. The number of carboxylic acid groups (broad SMARTS) is 1. The minimum absolute atomic E-state index is 0.0703. The summed E-state index contributed by atoms with van der Waals surface area (Å²) in [5.74, 6) is -0.619. The highest BCUT2D eigenvalue weighted by Crippen LogP contribution is 2.37. The van der Waals surface area contributed by atoms with Crippen LogP contribution in [0.5, 0.6) is 5.75 Å². The lowest BCUT2D eigenvalue weighted by Crippen LogP contribution is -2.64. The van der Waals surface area contributed by atoms with E-state index >= 15 is 0 Å². The Labute approximate surface area is 275 Å². The molecule has 2 aliphatic heterocycles. The monoisotopic (exact) mass is 668 g/mol. The molecule has 2 saturated heterocycles. The lowest BCUT2D eigenvalue weighted by molar-refractivity contribution is -0.346. The number of aliphatic carboxylic acids is 1. The number of carboxylic acids is 1. The second kappa shape index (κ2) is 16.7. The van der Waals surface area contributed by atoms with Crippen molar-refractivity contribution in [3.63, 3.8) is 0 Å². The van der Waals surface area contributed by atoms with Crippen molar-refractivity contribution in [1.29, 1.82) is 0 Å². The molecule has 13 unspecified atom stereocenters. The molecule has 13 nitrogen and oxygen atoms in total. The molecule has 0 amide bonds. The van der Waals surface area contributed by atoms with Crippen molar-refractivity contribution >= 4 is 5.97 Å². The molecule has 0 spiro atoms. The van der Waals surface area contributed by atoms with Gasteiger partial charge in [-0.25, -0.2) is 4.79 Å². The fraction of sp³-hybridized carbons (Fsp3) is 0.794. The van der Waals surface area contributed by atoms with Crippen molar-refractivity contribution in [1.82, 2.24) is 0 Å². The van der Waals surface area contributed by atoms with Gasteiger partial charge in [-0.05, 0) is 50.2 Å². The molecule has 1 aromatic rings. The zero-order valence-corrected chi connectivity index (χ0v) is 27.2. The number of rotatable bonds is 12. The van der Waals surface area contributed by atoms with Crippen LogP contribution in [0.4, 0.5) is 0 Å². The molecular formula is C34H52O13. The van der Waals surface area contributed by atoms with Crippen molar-refractivity contribution in [3.8, 4) is 5.75 Å². The SMILES string of the molecule is CC1CCCC(OC2OC(CO)C(O)C(O[C@@H](CC3CCCCC3)C(=O)O)C2Oc2ccccc2)C1OC1OC(C)C(O)C(O)C1O. The summed E-state index contributed by atoms with van der Waals surface area (Å²) in [6.07, 6.45) is -7.60. The summed E-state index contributed by atoms with van der Waals surface area (Å²) >= 11 is 0. The molecule has 47 heavy (non-hydrogen) atoms. The van der Waals surface area contributed by atoms with Gasteiger partial charge >= 0.3 is 5.97 Å². The zero-order chi connectivity index (χ0) is 33.7.